The Kier molecular flexibility index (Phi) is 7.29. The van der Waals surface area contributed by atoms with Gasteiger partial charge in [-0.3, -0.25) is 9.69 Å². The molecule has 1 atom stereocenters. The molecule has 0 radical (unpaired) electrons. The Morgan fingerprint density at radius 1 is 1.12 bits per heavy atom. The number of rotatable bonds is 5. The van der Waals surface area contributed by atoms with Crippen LogP contribution in [0.2, 0.25) is 0 Å². The van der Waals surface area contributed by atoms with Crippen LogP contribution >= 0.6 is 0 Å². The molecule has 0 bridgehead atoms. The second-order valence-corrected chi connectivity index (χ2v) is 8.71. The normalized spacial score (nSPS) is 23.8. The summed E-state index contributed by atoms with van der Waals surface area (Å²) in [6.07, 6.45) is 3.02. The first-order chi connectivity index (χ1) is 12.1. The Balaban J connectivity index is 1.66. The van der Waals surface area contributed by atoms with Crippen molar-refractivity contribution in [1.29, 1.82) is 0 Å². The van der Waals surface area contributed by atoms with Gasteiger partial charge in [-0.25, -0.2) is 4.79 Å². The number of likely N-dealkylation sites (tertiary alicyclic amines) is 1. The van der Waals surface area contributed by atoms with Crippen molar-refractivity contribution < 1.29 is 19.4 Å². The number of aliphatic carboxylic acids is 1. The van der Waals surface area contributed by atoms with E-state index in [4.69, 9.17) is 9.84 Å². The zero-order chi connectivity index (χ0) is 19.3. The molecule has 0 unspecified atom stereocenters. The predicted octanol–water partition coefficient (Wildman–Crippen LogP) is 2.11. The quantitative estimate of drug-likeness (QED) is 0.800. The van der Waals surface area contributed by atoms with Crippen molar-refractivity contribution in [2.24, 2.45) is 5.92 Å². The molecule has 0 saturated carbocycles. The van der Waals surface area contributed by atoms with Crippen molar-refractivity contribution in [2.45, 2.75) is 58.6 Å². The van der Waals surface area contributed by atoms with Crippen LogP contribution in [0.5, 0.6) is 0 Å². The van der Waals surface area contributed by atoms with Crippen molar-refractivity contribution in [3.8, 4) is 0 Å². The number of piperazine rings is 1. The summed E-state index contributed by atoms with van der Waals surface area (Å²) in [5.41, 5.74) is -0.437. The summed E-state index contributed by atoms with van der Waals surface area (Å²) in [6.45, 7) is 13.3. The number of ether oxygens (including phenoxy) is 1. The van der Waals surface area contributed by atoms with E-state index in [1.54, 1.807) is 0 Å². The van der Waals surface area contributed by atoms with Gasteiger partial charge in [0, 0.05) is 38.8 Å². The fraction of sp³-hybridized carbons (Fsp3) is 0.895. The third-order valence-corrected chi connectivity index (χ3v) is 5.31. The number of piperidine rings is 1. The Morgan fingerprint density at radius 2 is 1.77 bits per heavy atom. The summed E-state index contributed by atoms with van der Waals surface area (Å²) in [5, 5.41) is 8.95. The second kappa shape index (κ2) is 9.04. The highest BCUT2D eigenvalue weighted by Crippen LogP contribution is 2.23. The average Bonchev–Trinajstić information content (AvgIpc) is 2.54. The highest BCUT2D eigenvalue weighted by molar-refractivity contribution is 5.69. The van der Waals surface area contributed by atoms with E-state index in [0.717, 1.165) is 58.5 Å². The predicted molar refractivity (Wildman–Crippen MR) is 100 cm³/mol. The van der Waals surface area contributed by atoms with Crippen molar-refractivity contribution in [1.82, 2.24) is 14.7 Å². The zero-order valence-electron chi connectivity index (χ0n) is 16.7. The Labute approximate surface area is 157 Å². The zero-order valence-corrected chi connectivity index (χ0v) is 16.7. The Morgan fingerprint density at radius 3 is 2.31 bits per heavy atom. The Hall–Kier alpha value is -1.34. The number of carbonyl (C=O) groups excluding carboxylic acids is 1. The van der Waals surface area contributed by atoms with E-state index in [1.165, 1.54) is 0 Å². The molecule has 26 heavy (non-hydrogen) atoms. The molecular formula is C19H35N3O4. The average molecular weight is 370 g/mol. The molecule has 0 aromatic carbocycles. The van der Waals surface area contributed by atoms with Gasteiger partial charge in [0.2, 0.25) is 0 Å². The van der Waals surface area contributed by atoms with E-state index in [2.05, 4.69) is 11.8 Å². The van der Waals surface area contributed by atoms with E-state index >= 15 is 0 Å². The number of hydrogen-bond donors (Lipinski definition) is 1. The minimum atomic E-state index is -0.748. The van der Waals surface area contributed by atoms with Crippen LogP contribution in [0.4, 0.5) is 4.79 Å². The molecule has 0 aliphatic carbocycles. The van der Waals surface area contributed by atoms with E-state index in [9.17, 15) is 9.59 Å². The molecule has 1 amide bonds. The van der Waals surface area contributed by atoms with Crippen LogP contribution in [0.15, 0.2) is 0 Å². The van der Waals surface area contributed by atoms with Gasteiger partial charge < -0.3 is 19.6 Å². The molecule has 2 rings (SSSR count). The summed E-state index contributed by atoms with van der Waals surface area (Å²) >= 11 is 0. The van der Waals surface area contributed by atoms with Crippen LogP contribution in [0.3, 0.4) is 0 Å². The summed E-state index contributed by atoms with van der Waals surface area (Å²) in [5.74, 6) is -0.0944. The van der Waals surface area contributed by atoms with Crippen LogP contribution < -0.4 is 0 Å². The van der Waals surface area contributed by atoms with Gasteiger partial charge in [0.05, 0.1) is 6.54 Å². The maximum Gasteiger partial charge on any atom is 0.410 e. The van der Waals surface area contributed by atoms with Crippen LogP contribution in [0.25, 0.3) is 0 Å². The van der Waals surface area contributed by atoms with E-state index in [0.29, 0.717) is 5.92 Å². The molecule has 2 saturated heterocycles. The van der Waals surface area contributed by atoms with Gasteiger partial charge in [-0.15, -0.1) is 0 Å². The first-order valence-corrected chi connectivity index (χ1v) is 9.80. The second-order valence-electron chi connectivity index (χ2n) is 8.71. The summed E-state index contributed by atoms with van der Waals surface area (Å²) in [6, 6.07) is 0.286. The fourth-order valence-corrected chi connectivity index (χ4v) is 3.78. The fourth-order valence-electron chi connectivity index (χ4n) is 3.78. The molecule has 150 valence electrons. The van der Waals surface area contributed by atoms with Crippen LogP contribution in [0.1, 0.15) is 47.0 Å². The summed E-state index contributed by atoms with van der Waals surface area (Å²) < 4.78 is 5.45. The lowest BCUT2D eigenvalue weighted by Gasteiger charge is -2.40. The minimum absolute atomic E-state index is 0.137. The third-order valence-electron chi connectivity index (χ3n) is 5.31. The first-order valence-electron chi connectivity index (χ1n) is 9.80. The van der Waals surface area contributed by atoms with Gasteiger partial charge in [-0.05, 0) is 59.4 Å². The molecule has 1 N–H and O–H groups in total. The largest absolute Gasteiger partial charge is 0.480 e. The van der Waals surface area contributed by atoms with Crippen molar-refractivity contribution in [3.05, 3.63) is 0 Å². The molecular weight excluding hydrogens is 334 g/mol. The Bertz CT molecular complexity index is 484. The monoisotopic (exact) mass is 369 g/mol. The van der Waals surface area contributed by atoms with Crippen molar-refractivity contribution in [2.75, 3.05) is 45.8 Å². The third kappa shape index (κ3) is 6.76. The van der Waals surface area contributed by atoms with Gasteiger partial charge in [0.25, 0.3) is 0 Å². The van der Waals surface area contributed by atoms with Crippen molar-refractivity contribution in [3.63, 3.8) is 0 Å². The van der Waals surface area contributed by atoms with E-state index in [1.807, 2.05) is 30.6 Å². The molecule has 7 heteroatoms. The molecule has 0 aromatic heterocycles. The number of nitrogens with zero attached hydrogens (tertiary/aromatic N) is 3. The highest BCUT2D eigenvalue weighted by atomic mass is 16.6. The number of carboxylic acid groups (broad SMARTS) is 1. The van der Waals surface area contributed by atoms with E-state index < -0.39 is 11.6 Å². The topological polar surface area (TPSA) is 73.3 Å². The molecule has 2 fully saturated rings. The van der Waals surface area contributed by atoms with Crippen LogP contribution in [0, 0.1) is 5.92 Å². The van der Waals surface area contributed by atoms with Gasteiger partial charge in [0.1, 0.15) is 5.60 Å². The van der Waals surface area contributed by atoms with E-state index in [-0.39, 0.29) is 18.7 Å². The minimum Gasteiger partial charge on any atom is -0.480 e. The first kappa shape index (κ1) is 21.0. The molecule has 2 heterocycles. The van der Waals surface area contributed by atoms with Gasteiger partial charge >= 0.3 is 12.1 Å². The lowest BCUT2D eigenvalue weighted by molar-refractivity contribution is -0.139. The molecule has 0 aromatic rings. The maximum absolute atomic E-state index is 12.1. The standard InChI is InChI=1S/C19H35N3O4/c1-15-13-20(11-12-22(15)14-17(23)24)8-5-16-6-9-21(10-7-16)18(25)26-19(2,3)4/h15-16H,5-14H2,1-4H3,(H,23,24)/t15-/m1/s1. The molecule has 7 nitrogen and oxygen atoms in total. The van der Waals surface area contributed by atoms with Crippen molar-refractivity contribution >= 4 is 12.1 Å². The number of carbonyl (C=O) groups is 2. The number of carboxylic acids is 1. The summed E-state index contributed by atoms with van der Waals surface area (Å²) in [7, 11) is 0. The SMILES string of the molecule is C[C@@H]1CN(CCC2CCN(C(=O)OC(C)(C)C)CC2)CCN1CC(=O)O. The van der Waals surface area contributed by atoms with Crippen LogP contribution in [-0.2, 0) is 9.53 Å². The smallest absolute Gasteiger partial charge is 0.410 e. The van der Waals surface area contributed by atoms with Gasteiger partial charge in [0.15, 0.2) is 0 Å². The molecule has 2 aliphatic rings. The van der Waals surface area contributed by atoms with Crippen LogP contribution in [-0.4, -0.2) is 89.3 Å². The highest BCUT2D eigenvalue weighted by Gasteiger charge is 2.28. The van der Waals surface area contributed by atoms with Gasteiger partial charge in [-0.2, -0.15) is 0 Å². The van der Waals surface area contributed by atoms with Gasteiger partial charge in [-0.1, -0.05) is 0 Å². The lowest BCUT2D eigenvalue weighted by Crippen LogP contribution is -2.53. The molecule has 2 aliphatic heterocycles. The number of hydrogen-bond acceptors (Lipinski definition) is 5. The maximum atomic E-state index is 12.1. The molecule has 0 spiro atoms. The lowest BCUT2D eigenvalue weighted by atomic mass is 9.93. The number of amides is 1. The summed E-state index contributed by atoms with van der Waals surface area (Å²) in [4.78, 5) is 29.3.